The van der Waals surface area contributed by atoms with Crippen LogP contribution in [0.2, 0.25) is 0 Å². The van der Waals surface area contributed by atoms with Crippen molar-refractivity contribution in [2.45, 2.75) is 39.5 Å². The Balaban J connectivity index is 3.11. The van der Waals surface area contributed by atoms with Gasteiger partial charge in [-0.2, -0.15) is 0 Å². The van der Waals surface area contributed by atoms with E-state index in [1.807, 2.05) is 14.0 Å². The molecule has 3 nitrogen and oxygen atoms in total. The van der Waals surface area contributed by atoms with E-state index in [1.165, 1.54) is 0 Å². The van der Waals surface area contributed by atoms with Gasteiger partial charge in [0.25, 0.3) is 0 Å². The zero-order valence-electron chi connectivity index (χ0n) is 8.55. The van der Waals surface area contributed by atoms with Crippen LogP contribution in [-0.2, 0) is 12.5 Å². The van der Waals surface area contributed by atoms with Gasteiger partial charge in [0.05, 0.1) is 0 Å². The maximum Gasteiger partial charge on any atom is 0.138 e. The van der Waals surface area contributed by atoms with Gasteiger partial charge < -0.3 is 4.57 Å². The van der Waals surface area contributed by atoms with E-state index in [-0.39, 0.29) is 5.41 Å². The van der Waals surface area contributed by atoms with E-state index >= 15 is 0 Å². The Bertz CT molecular complexity index is 273. The Morgan fingerprint density at radius 1 is 1.33 bits per heavy atom. The Kier molecular flexibility index (Phi) is 2.22. The molecule has 3 heteroatoms. The third kappa shape index (κ3) is 1.36. The highest BCUT2D eigenvalue weighted by Gasteiger charge is 2.24. The molecule has 12 heavy (non-hydrogen) atoms. The monoisotopic (exact) mass is 167 g/mol. The summed E-state index contributed by atoms with van der Waals surface area (Å²) in [7, 11) is 2.02. The molecule has 0 spiro atoms. The van der Waals surface area contributed by atoms with Gasteiger partial charge in [-0.15, -0.1) is 10.2 Å². The molecule has 0 bridgehead atoms. The average molecular weight is 167 g/mol. The van der Waals surface area contributed by atoms with Crippen LogP contribution in [0.25, 0.3) is 0 Å². The van der Waals surface area contributed by atoms with Crippen LogP contribution in [-0.4, -0.2) is 14.8 Å². The van der Waals surface area contributed by atoms with E-state index in [9.17, 15) is 0 Å². The smallest absolute Gasteiger partial charge is 0.138 e. The van der Waals surface area contributed by atoms with E-state index in [0.29, 0.717) is 0 Å². The van der Waals surface area contributed by atoms with Gasteiger partial charge in [-0.1, -0.05) is 20.8 Å². The lowest BCUT2D eigenvalue weighted by atomic mass is 9.89. The van der Waals surface area contributed by atoms with Crippen molar-refractivity contribution in [2.75, 3.05) is 0 Å². The molecule has 0 aliphatic heterocycles. The van der Waals surface area contributed by atoms with Crippen molar-refractivity contribution in [3.63, 3.8) is 0 Å². The first kappa shape index (κ1) is 9.23. The first-order valence-corrected chi connectivity index (χ1v) is 4.35. The zero-order valence-corrected chi connectivity index (χ0v) is 8.55. The summed E-state index contributed by atoms with van der Waals surface area (Å²) in [6.45, 7) is 8.53. The van der Waals surface area contributed by atoms with Crippen molar-refractivity contribution in [3.8, 4) is 0 Å². The average Bonchev–Trinajstić information content (AvgIpc) is 2.33. The molecule has 0 atom stereocenters. The topological polar surface area (TPSA) is 30.7 Å². The quantitative estimate of drug-likeness (QED) is 0.672. The molecule has 1 heterocycles. The van der Waals surface area contributed by atoms with Gasteiger partial charge in [0, 0.05) is 12.5 Å². The third-order valence-corrected chi connectivity index (χ3v) is 2.58. The van der Waals surface area contributed by atoms with E-state index in [2.05, 4.69) is 35.5 Å². The lowest BCUT2D eigenvalue weighted by molar-refractivity contribution is 0.454. The predicted molar refractivity (Wildman–Crippen MR) is 49.1 cm³/mol. The van der Waals surface area contributed by atoms with E-state index in [4.69, 9.17) is 0 Å². The van der Waals surface area contributed by atoms with E-state index < -0.39 is 0 Å². The molecule has 0 unspecified atom stereocenters. The molecule has 68 valence electrons. The number of rotatable bonds is 2. The van der Waals surface area contributed by atoms with Crippen LogP contribution in [0.15, 0.2) is 0 Å². The maximum absolute atomic E-state index is 4.17. The number of hydrogen-bond acceptors (Lipinski definition) is 2. The Morgan fingerprint density at radius 2 is 1.92 bits per heavy atom. The second-order valence-corrected chi connectivity index (χ2v) is 3.87. The highest BCUT2D eigenvalue weighted by Crippen LogP contribution is 2.24. The molecule has 0 amide bonds. The minimum Gasteiger partial charge on any atom is -0.318 e. The van der Waals surface area contributed by atoms with Crippen molar-refractivity contribution >= 4 is 0 Å². The van der Waals surface area contributed by atoms with Gasteiger partial charge in [-0.3, -0.25) is 0 Å². The molecule has 0 aliphatic carbocycles. The number of aromatic nitrogens is 3. The SMILES string of the molecule is CCC(C)(C)c1nnc(C)n1C. The van der Waals surface area contributed by atoms with Crippen LogP contribution >= 0.6 is 0 Å². The van der Waals surface area contributed by atoms with Crippen LogP contribution < -0.4 is 0 Å². The Hall–Kier alpha value is -0.860. The fourth-order valence-corrected chi connectivity index (χ4v) is 1.15. The highest BCUT2D eigenvalue weighted by molar-refractivity contribution is 5.05. The van der Waals surface area contributed by atoms with E-state index in [1.54, 1.807) is 0 Å². The van der Waals surface area contributed by atoms with Crippen LogP contribution in [0, 0.1) is 6.92 Å². The van der Waals surface area contributed by atoms with Crippen molar-refractivity contribution in [1.82, 2.24) is 14.8 Å². The van der Waals surface area contributed by atoms with Crippen LogP contribution in [0.3, 0.4) is 0 Å². The fourth-order valence-electron chi connectivity index (χ4n) is 1.15. The second kappa shape index (κ2) is 2.88. The summed E-state index contributed by atoms with van der Waals surface area (Å²) < 4.78 is 2.06. The van der Waals surface area contributed by atoms with E-state index in [0.717, 1.165) is 18.1 Å². The summed E-state index contributed by atoms with van der Waals surface area (Å²) in [6.07, 6.45) is 1.08. The largest absolute Gasteiger partial charge is 0.318 e. The van der Waals surface area contributed by atoms with Gasteiger partial charge in [-0.25, -0.2) is 0 Å². The summed E-state index contributed by atoms with van der Waals surface area (Å²) in [5, 5.41) is 8.21. The first-order valence-electron chi connectivity index (χ1n) is 4.35. The van der Waals surface area contributed by atoms with Gasteiger partial charge in [0.15, 0.2) is 0 Å². The molecule has 1 aromatic rings. The molecular formula is C9H17N3. The summed E-state index contributed by atoms with van der Waals surface area (Å²) in [6, 6.07) is 0. The molecule has 0 N–H and O–H groups in total. The normalized spacial score (nSPS) is 12.1. The summed E-state index contributed by atoms with van der Waals surface area (Å²) in [5.74, 6) is 2.05. The second-order valence-electron chi connectivity index (χ2n) is 3.87. The summed E-state index contributed by atoms with van der Waals surface area (Å²) >= 11 is 0. The van der Waals surface area contributed by atoms with Crippen LogP contribution in [0.5, 0.6) is 0 Å². The fraction of sp³-hybridized carbons (Fsp3) is 0.778. The minimum absolute atomic E-state index is 0.135. The van der Waals surface area contributed by atoms with Crippen molar-refractivity contribution in [1.29, 1.82) is 0 Å². The molecule has 1 rings (SSSR count). The van der Waals surface area contributed by atoms with Crippen molar-refractivity contribution in [2.24, 2.45) is 7.05 Å². The molecule has 0 saturated carbocycles. The number of nitrogens with zero attached hydrogens (tertiary/aromatic N) is 3. The standard InChI is InChI=1S/C9H17N3/c1-6-9(3,4)8-11-10-7(2)12(8)5/h6H2,1-5H3. The third-order valence-electron chi connectivity index (χ3n) is 2.58. The van der Waals surface area contributed by atoms with Crippen LogP contribution in [0.1, 0.15) is 38.8 Å². The van der Waals surface area contributed by atoms with Gasteiger partial charge in [0.2, 0.25) is 0 Å². The molecule has 1 aromatic heterocycles. The molecule has 0 saturated heterocycles. The molecule has 0 radical (unpaired) electrons. The zero-order chi connectivity index (χ0) is 9.35. The van der Waals surface area contributed by atoms with Gasteiger partial charge in [0.1, 0.15) is 11.6 Å². The lowest BCUT2D eigenvalue weighted by Gasteiger charge is -2.20. The molecule has 0 fully saturated rings. The molecule has 0 aromatic carbocycles. The summed E-state index contributed by atoms with van der Waals surface area (Å²) in [4.78, 5) is 0. The Morgan fingerprint density at radius 3 is 2.25 bits per heavy atom. The van der Waals surface area contributed by atoms with Gasteiger partial charge >= 0.3 is 0 Å². The predicted octanol–water partition coefficient (Wildman–Crippen LogP) is 1.81. The van der Waals surface area contributed by atoms with Crippen molar-refractivity contribution < 1.29 is 0 Å². The molecule has 0 aliphatic rings. The van der Waals surface area contributed by atoms with Crippen LogP contribution in [0.4, 0.5) is 0 Å². The van der Waals surface area contributed by atoms with Gasteiger partial charge in [-0.05, 0) is 13.3 Å². The number of aryl methyl sites for hydroxylation is 1. The molecular weight excluding hydrogens is 150 g/mol. The maximum atomic E-state index is 4.17. The lowest BCUT2D eigenvalue weighted by Crippen LogP contribution is -2.21. The first-order chi connectivity index (χ1) is 5.49. The Labute approximate surface area is 73.8 Å². The minimum atomic E-state index is 0.135. The summed E-state index contributed by atoms with van der Waals surface area (Å²) in [5.41, 5.74) is 0.135. The highest BCUT2D eigenvalue weighted by atomic mass is 15.3. The van der Waals surface area contributed by atoms with Crippen molar-refractivity contribution in [3.05, 3.63) is 11.6 Å². The number of hydrogen-bond donors (Lipinski definition) is 0.